The molecule has 0 aromatic rings. The normalized spacial score (nSPS) is 14.3. The van der Waals surface area contributed by atoms with Gasteiger partial charge in [-0.3, -0.25) is 4.79 Å². The van der Waals surface area contributed by atoms with Gasteiger partial charge < -0.3 is 0 Å². The number of rotatable bonds is 2. The highest BCUT2D eigenvalue weighted by molar-refractivity contribution is 6.79. The lowest BCUT2D eigenvalue weighted by atomic mass is 10.2. The summed E-state index contributed by atoms with van der Waals surface area (Å²) in [5, 5.41) is 0. The molecule has 84 valence electrons. The number of hydrogen-bond acceptors (Lipinski definition) is 1. The largest absolute Gasteiger partial charge is 0.296 e. The number of carbonyl (C=O) groups is 1. The fourth-order valence-electron chi connectivity index (χ4n) is 0.451. The van der Waals surface area contributed by atoms with Crippen LogP contribution in [-0.2, 0) is 4.79 Å². The Balaban J connectivity index is 4.70. The van der Waals surface area contributed by atoms with Gasteiger partial charge in [-0.1, -0.05) is 92.8 Å². The van der Waals surface area contributed by atoms with E-state index >= 15 is 0 Å². The zero-order chi connectivity index (χ0) is 11.8. The quantitative estimate of drug-likeness (QED) is 0.642. The Labute approximate surface area is 121 Å². The second kappa shape index (κ2) is 5.10. The van der Waals surface area contributed by atoms with Gasteiger partial charge in [-0.25, -0.2) is 0 Å². The molecule has 1 nitrogen and oxygen atoms in total. The van der Waals surface area contributed by atoms with Crippen molar-refractivity contribution in [3.05, 3.63) is 0 Å². The van der Waals surface area contributed by atoms with Gasteiger partial charge in [0, 0.05) is 0 Å². The van der Waals surface area contributed by atoms with E-state index in [1.807, 2.05) is 0 Å². The van der Waals surface area contributed by atoms with E-state index in [0.717, 1.165) is 0 Å². The van der Waals surface area contributed by atoms with Gasteiger partial charge in [-0.2, -0.15) is 0 Å². The van der Waals surface area contributed by atoms with Crippen molar-refractivity contribution in [2.45, 2.75) is 18.3 Å². The molecular formula is C5H2Cl8O. The topological polar surface area (TPSA) is 17.1 Å². The first-order chi connectivity index (χ1) is 5.88. The minimum absolute atomic E-state index is 0.557. The number of hydrogen-bond donors (Lipinski definition) is 0. The Morgan fingerprint density at radius 1 is 0.857 bits per heavy atom. The molecule has 0 spiro atoms. The molecule has 0 saturated heterocycles. The van der Waals surface area contributed by atoms with Crippen molar-refractivity contribution in [1.29, 1.82) is 0 Å². The molecule has 0 aromatic carbocycles. The first-order valence-corrected chi connectivity index (χ1v) is 5.95. The molecule has 0 N–H and O–H groups in total. The number of halogens is 8. The molecule has 9 heteroatoms. The fraction of sp³-hybridized carbons (Fsp3) is 0.800. The van der Waals surface area contributed by atoms with Crippen LogP contribution < -0.4 is 0 Å². The van der Waals surface area contributed by atoms with E-state index < -0.39 is 24.1 Å². The molecule has 0 aromatic heterocycles. The molecule has 14 heavy (non-hydrogen) atoms. The van der Waals surface area contributed by atoms with E-state index in [2.05, 4.69) is 0 Å². The number of carbonyl (C=O) groups excluding carboxylic acids is 1. The van der Waals surface area contributed by atoms with Crippen molar-refractivity contribution >= 4 is 98.6 Å². The minimum Gasteiger partial charge on any atom is -0.296 e. The fourth-order valence-corrected chi connectivity index (χ4v) is 1.27. The van der Waals surface area contributed by atoms with Crippen molar-refractivity contribution in [2.75, 3.05) is 0 Å². The van der Waals surface area contributed by atoms with E-state index in [-0.39, 0.29) is 0 Å². The van der Waals surface area contributed by atoms with Crippen LogP contribution in [0.4, 0.5) is 0 Å². The molecule has 0 atom stereocenters. The summed E-state index contributed by atoms with van der Waals surface area (Å²) >= 11 is 43.2. The van der Waals surface area contributed by atoms with Gasteiger partial charge in [0.2, 0.25) is 8.13 Å². The summed E-state index contributed by atoms with van der Waals surface area (Å²) in [6, 6.07) is 0. The van der Waals surface area contributed by atoms with Crippen LogP contribution in [0.5, 0.6) is 0 Å². The SMILES string of the molecule is O=C(CC(Cl)(Cl)Cl)C(Cl)(Cl)C(Cl)(Cl)Cl. The number of alkyl halides is 8. The first-order valence-electron chi connectivity index (χ1n) is 2.92. The third-order valence-electron chi connectivity index (χ3n) is 1.07. The van der Waals surface area contributed by atoms with Gasteiger partial charge >= 0.3 is 0 Å². The average molecular weight is 362 g/mol. The van der Waals surface area contributed by atoms with Crippen LogP contribution in [0.25, 0.3) is 0 Å². The molecule has 0 heterocycles. The molecular weight excluding hydrogens is 360 g/mol. The van der Waals surface area contributed by atoms with E-state index in [9.17, 15) is 4.79 Å². The summed E-state index contributed by atoms with van der Waals surface area (Å²) in [7, 11) is 0. The predicted molar refractivity (Wildman–Crippen MR) is 64.6 cm³/mol. The highest BCUT2D eigenvalue weighted by atomic mass is 35.6. The van der Waals surface area contributed by atoms with Gasteiger partial charge in [-0.05, 0) is 0 Å². The molecule has 0 unspecified atom stereocenters. The Hall–Kier alpha value is 1.99. The Morgan fingerprint density at radius 2 is 1.21 bits per heavy atom. The average Bonchev–Trinajstić information content (AvgIpc) is 1.80. The predicted octanol–water partition coefficient (Wildman–Crippen LogP) is 4.86. The van der Waals surface area contributed by atoms with E-state index in [0.29, 0.717) is 0 Å². The van der Waals surface area contributed by atoms with Crippen molar-refractivity contribution in [3.8, 4) is 0 Å². The summed E-state index contributed by atoms with van der Waals surface area (Å²) < 4.78 is -6.27. The van der Waals surface area contributed by atoms with Gasteiger partial charge in [0.05, 0.1) is 6.42 Å². The van der Waals surface area contributed by atoms with Crippen LogP contribution in [-0.4, -0.2) is 17.7 Å². The summed E-state index contributed by atoms with van der Waals surface area (Å²) in [5.74, 6) is -0.888. The molecule has 0 radical (unpaired) electrons. The van der Waals surface area contributed by atoms with Crippen molar-refractivity contribution < 1.29 is 4.79 Å². The zero-order valence-electron chi connectivity index (χ0n) is 6.14. The van der Waals surface area contributed by atoms with Gasteiger partial charge in [0.15, 0.2) is 9.58 Å². The second-order valence-electron chi connectivity index (χ2n) is 2.29. The summed E-state index contributed by atoms with van der Waals surface area (Å²) in [4.78, 5) is 11.4. The lowest BCUT2D eigenvalue weighted by Gasteiger charge is -2.26. The van der Waals surface area contributed by atoms with E-state index in [4.69, 9.17) is 92.8 Å². The van der Waals surface area contributed by atoms with Crippen molar-refractivity contribution in [1.82, 2.24) is 0 Å². The van der Waals surface area contributed by atoms with Crippen molar-refractivity contribution in [3.63, 3.8) is 0 Å². The Morgan fingerprint density at radius 3 is 1.43 bits per heavy atom. The van der Waals surface area contributed by atoms with Gasteiger partial charge in [0.1, 0.15) is 0 Å². The van der Waals surface area contributed by atoms with Gasteiger partial charge in [0.25, 0.3) is 0 Å². The smallest absolute Gasteiger partial charge is 0.230 e. The van der Waals surface area contributed by atoms with Crippen molar-refractivity contribution in [2.24, 2.45) is 0 Å². The molecule has 0 bridgehead atoms. The molecule has 0 amide bonds. The molecule has 0 aliphatic heterocycles. The molecule has 0 aliphatic carbocycles. The maximum Gasteiger partial charge on any atom is 0.230 e. The Bertz CT molecular complexity index is 223. The third kappa shape index (κ3) is 4.88. The molecule has 0 aliphatic rings. The Kier molecular flexibility index (Phi) is 5.82. The standard InChI is InChI=1S/C5H2Cl8O/c6-3(7,8)1-2(14)4(9,10)5(11,12)13/h1H2. The van der Waals surface area contributed by atoms with Crippen LogP contribution in [0.2, 0.25) is 0 Å². The number of ketones is 1. The van der Waals surface area contributed by atoms with Crippen LogP contribution >= 0.6 is 92.8 Å². The van der Waals surface area contributed by atoms with Gasteiger partial charge in [-0.15, -0.1) is 0 Å². The first kappa shape index (κ1) is 16.0. The minimum atomic E-state index is -2.25. The molecule has 0 fully saturated rings. The monoisotopic (exact) mass is 358 g/mol. The summed E-state index contributed by atoms with van der Waals surface area (Å²) in [6.45, 7) is 0. The highest BCUT2D eigenvalue weighted by Crippen LogP contribution is 2.48. The summed E-state index contributed by atoms with van der Waals surface area (Å²) in [5.41, 5.74) is 0. The maximum atomic E-state index is 11.4. The highest BCUT2D eigenvalue weighted by Gasteiger charge is 2.53. The van der Waals surface area contributed by atoms with E-state index in [1.54, 1.807) is 0 Å². The lowest BCUT2D eigenvalue weighted by molar-refractivity contribution is -0.119. The zero-order valence-corrected chi connectivity index (χ0v) is 12.2. The van der Waals surface area contributed by atoms with E-state index in [1.165, 1.54) is 0 Å². The van der Waals surface area contributed by atoms with Crippen LogP contribution in [0.15, 0.2) is 0 Å². The van der Waals surface area contributed by atoms with Crippen LogP contribution in [0.1, 0.15) is 6.42 Å². The summed E-state index contributed by atoms with van der Waals surface area (Å²) in [6.07, 6.45) is -0.557. The lowest BCUT2D eigenvalue weighted by Crippen LogP contribution is -2.41. The van der Waals surface area contributed by atoms with Crippen LogP contribution in [0, 0.1) is 0 Å². The molecule has 0 saturated carbocycles. The van der Waals surface area contributed by atoms with Crippen LogP contribution in [0.3, 0.4) is 0 Å². The second-order valence-corrected chi connectivity index (χ2v) is 8.41. The molecule has 0 rings (SSSR count). The number of Topliss-reactive ketones (excluding diaryl/α,β-unsaturated/α-hetero) is 1. The maximum absolute atomic E-state index is 11.4. The third-order valence-corrected chi connectivity index (χ3v) is 3.89.